The molecule has 214 valence electrons. The molecule has 0 N–H and O–H groups in total. The molecule has 0 aliphatic carbocycles. The van der Waals surface area contributed by atoms with Crippen molar-refractivity contribution in [3.05, 3.63) is 0 Å². The molecule has 16 heteroatoms. The number of sulfonamides is 2. The Morgan fingerprint density at radius 3 is 1.20 bits per heavy atom. The van der Waals surface area contributed by atoms with E-state index in [-0.39, 0.29) is 50.3 Å². The Morgan fingerprint density at radius 2 is 0.971 bits per heavy atom. The quantitative estimate of drug-likeness (QED) is 0.0770. The average Bonchev–Trinajstić information content (AvgIpc) is 2.66. The van der Waals surface area contributed by atoms with E-state index in [1.165, 1.54) is 0 Å². The van der Waals surface area contributed by atoms with E-state index < -0.39 is 48.7 Å². The van der Waals surface area contributed by atoms with Gasteiger partial charge in [0.2, 0.25) is 0 Å². The van der Waals surface area contributed by atoms with E-state index in [4.69, 9.17) is 11.1 Å². The second kappa shape index (κ2) is 12.5. The molecule has 0 aromatic carbocycles. The Balaban J connectivity index is 7.82. The van der Waals surface area contributed by atoms with Crippen LogP contribution in [-0.4, -0.2) is 63.4 Å². The zero-order chi connectivity index (χ0) is 28.0. The van der Waals surface area contributed by atoms with E-state index in [0.29, 0.717) is 25.3 Å². The Bertz CT molecular complexity index is 824. The zero-order valence-electron chi connectivity index (χ0n) is 21.0. The van der Waals surface area contributed by atoms with Gasteiger partial charge in [-0.3, -0.25) is 0 Å². The van der Waals surface area contributed by atoms with Gasteiger partial charge >= 0.3 is 212 Å². The predicted molar refractivity (Wildman–Crippen MR) is 136 cm³/mol. The van der Waals surface area contributed by atoms with Crippen LogP contribution in [0.1, 0.15) is 65.7 Å². The Morgan fingerprint density at radius 1 is 0.686 bits per heavy atom. The van der Waals surface area contributed by atoms with Crippen LogP contribution in [0.25, 0.3) is 0 Å². The third kappa shape index (κ3) is 8.43. The SMILES string of the molecule is CCCCP(CCCC)(CCCC)(CCC[Si](C)(C)Cl)N(S(=O)(=O)C(F)(F)F)S(=O)(=O)C(F)(F)F. The van der Waals surface area contributed by atoms with E-state index in [1.807, 2.05) is 0 Å². The molecule has 0 aliphatic rings. The van der Waals surface area contributed by atoms with Crippen molar-refractivity contribution in [2.45, 2.75) is 95.9 Å². The molecular formula is C19H39ClF6NO4PS2Si. The van der Waals surface area contributed by atoms with Gasteiger partial charge in [0, 0.05) is 0 Å². The van der Waals surface area contributed by atoms with Crippen LogP contribution in [0.4, 0.5) is 26.3 Å². The first-order valence-electron chi connectivity index (χ1n) is 11.7. The predicted octanol–water partition coefficient (Wildman–Crippen LogP) is 7.69. The summed E-state index contributed by atoms with van der Waals surface area (Å²) >= 11 is 6.37. The third-order valence-electron chi connectivity index (χ3n) is 6.22. The van der Waals surface area contributed by atoms with Crippen molar-refractivity contribution < 1.29 is 43.2 Å². The van der Waals surface area contributed by atoms with Crippen LogP contribution >= 0.6 is 17.8 Å². The summed E-state index contributed by atoms with van der Waals surface area (Å²) in [7, 11) is -16.1. The van der Waals surface area contributed by atoms with Crippen molar-refractivity contribution in [3.8, 4) is 0 Å². The summed E-state index contributed by atoms with van der Waals surface area (Å²) in [5.74, 6) is 0. The van der Waals surface area contributed by atoms with Gasteiger partial charge in [-0.1, -0.05) is 0 Å². The summed E-state index contributed by atoms with van der Waals surface area (Å²) in [6.07, 6.45) is 0.0749. The molecule has 0 heterocycles. The normalized spacial score (nSPS) is 15.9. The van der Waals surface area contributed by atoms with E-state index in [1.54, 1.807) is 33.9 Å². The summed E-state index contributed by atoms with van der Waals surface area (Å²) in [5.41, 5.74) is -12.4. The van der Waals surface area contributed by atoms with Gasteiger partial charge in [-0.25, -0.2) is 0 Å². The van der Waals surface area contributed by atoms with Crippen LogP contribution in [0.3, 0.4) is 0 Å². The van der Waals surface area contributed by atoms with Gasteiger partial charge < -0.3 is 0 Å². The maximum absolute atomic E-state index is 13.9. The molecule has 0 saturated carbocycles. The molecule has 0 atom stereocenters. The molecular weight excluding hydrogens is 579 g/mol. The molecule has 0 unspecified atom stereocenters. The van der Waals surface area contributed by atoms with Gasteiger partial charge in [0.1, 0.15) is 0 Å². The molecule has 0 bridgehead atoms. The van der Waals surface area contributed by atoms with Crippen LogP contribution < -0.4 is 0 Å². The van der Waals surface area contributed by atoms with Crippen molar-refractivity contribution >= 4 is 45.3 Å². The van der Waals surface area contributed by atoms with Crippen molar-refractivity contribution in [2.24, 2.45) is 0 Å². The number of unbranched alkanes of at least 4 members (excludes halogenated alkanes) is 3. The van der Waals surface area contributed by atoms with Gasteiger partial charge in [0.15, 0.2) is 0 Å². The van der Waals surface area contributed by atoms with Crippen molar-refractivity contribution in [1.29, 1.82) is 0 Å². The fraction of sp³-hybridized carbons (Fsp3) is 1.00. The molecule has 5 nitrogen and oxygen atoms in total. The summed E-state index contributed by atoms with van der Waals surface area (Å²) in [6.45, 7) is 3.54. The molecule has 0 spiro atoms. The average molecular weight is 618 g/mol. The van der Waals surface area contributed by atoms with Crippen LogP contribution in [0.2, 0.25) is 19.1 Å². The van der Waals surface area contributed by atoms with Gasteiger partial charge in [-0.2, -0.15) is 0 Å². The van der Waals surface area contributed by atoms with E-state index >= 15 is 0 Å². The number of hydrogen-bond acceptors (Lipinski definition) is 4. The molecule has 0 aromatic heterocycles. The van der Waals surface area contributed by atoms with Crippen LogP contribution in [0, 0.1) is 0 Å². The Kier molecular flexibility index (Phi) is 12.6. The van der Waals surface area contributed by atoms with E-state index in [0.717, 1.165) is 0 Å². The molecule has 0 fully saturated rings. The van der Waals surface area contributed by atoms with E-state index in [9.17, 15) is 43.2 Å². The Hall–Kier alpha value is 0.377. The minimum absolute atomic E-state index is 0.0505. The van der Waals surface area contributed by atoms with Crippen molar-refractivity contribution in [3.63, 3.8) is 0 Å². The fourth-order valence-corrected chi connectivity index (χ4v) is 21.9. The number of hydrogen-bond donors (Lipinski definition) is 0. The molecule has 0 radical (unpaired) electrons. The van der Waals surface area contributed by atoms with Crippen molar-refractivity contribution in [2.75, 3.05) is 24.6 Å². The first kappa shape index (κ1) is 35.4. The van der Waals surface area contributed by atoms with E-state index in [2.05, 4.69) is 0 Å². The first-order chi connectivity index (χ1) is 15.6. The van der Waals surface area contributed by atoms with Crippen LogP contribution in [0.15, 0.2) is 0 Å². The topological polar surface area (TPSA) is 71.5 Å². The number of alkyl halides is 6. The molecule has 0 aromatic rings. The second-order valence-corrected chi connectivity index (χ2v) is 27.1. The number of rotatable bonds is 16. The van der Waals surface area contributed by atoms with Crippen LogP contribution in [0.5, 0.6) is 0 Å². The standard InChI is InChI=1S/C19H39ClF6NO4PS2Si/c1-6-9-13-32(14-10-7-2,15-11-8-3,16-12-17-35(4,5)20)27(33(28,29)18(21,22)23)34(30,31)19(24,25)26/h6-17H2,1-5H3. The molecule has 0 rings (SSSR count). The molecule has 0 aliphatic heterocycles. The van der Waals surface area contributed by atoms with Gasteiger partial charge in [0.05, 0.1) is 0 Å². The van der Waals surface area contributed by atoms with Crippen molar-refractivity contribution in [1.82, 2.24) is 3.48 Å². The summed E-state index contributed by atoms with van der Waals surface area (Å²) in [6, 6.07) is 0.294. The fourth-order valence-electron chi connectivity index (χ4n) is 4.51. The first-order valence-corrected chi connectivity index (χ1v) is 21.7. The Labute approximate surface area is 212 Å². The van der Waals surface area contributed by atoms with Crippen LogP contribution in [-0.2, 0) is 20.0 Å². The zero-order valence-corrected chi connectivity index (χ0v) is 25.3. The molecule has 0 amide bonds. The summed E-state index contributed by atoms with van der Waals surface area (Å²) < 4.78 is 134. The van der Waals surface area contributed by atoms with Gasteiger partial charge in [-0.15, -0.1) is 0 Å². The third-order valence-corrected chi connectivity index (χ3v) is 22.3. The monoisotopic (exact) mass is 617 g/mol. The molecule has 0 saturated heterocycles. The summed E-state index contributed by atoms with van der Waals surface area (Å²) in [5, 5.41) is 0. The second-order valence-electron chi connectivity index (χ2n) is 9.76. The number of nitrogens with zero attached hydrogens (tertiary/aromatic N) is 1. The summed E-state index contributed by atoms with van der Waals surface area (Å²) in [4.78, 5) is 0. The minimum atomic E-state index is -6.89. The number of halogens is 7. The maximum atomic E-state index is 13.9. The molecule has 35 heavy (non-hydrogen) atoms. The van der Waals surface area contributed by atoms with Gasteiger partial charge in [-0.05, 0) is 0 Å². The van der Waals surface area contributed by atoms with Gasteiger partial charge in [0.25, 0.3) is 0 Å².